The number of fused-ring (bicyclic) bond motifs is 1. The number of amides is 1. The third-order valence-corrected chi connectivity index (χ3v) is 5.39. The number of pyridine rings is 1. The van der Waals surface area contributed by atoms with Gasteiger partial charge >= 0.3 is 0 Å². The summed E-state index contributed by atoms with van der Waals surface area (Å²) in [5.74, 6) is 1.93. The molecule has 2 aromatic heterocycles. The molecule has 1 amide bonds. The first-order valence-electron chi connectivity index (χ1n) is 9.40. The Bertz CT molecular complexity index is 966. The lowest BCUT2D eigenvalue weighted by atomic mass is 9.97. The zero-order valence-electron chi connectivity index (χ0n) is 15.8. The molecular weight excluding hydrogens is 340 g/mol. The van der Waals surface area contributed by atoms with Crippen LogP contribution >= 0.6 is 0 Å². The Morgan fingerprint density at radius 3 is 2.96 bits per heavy atom. The lowest BCUT2D eigenvalue weighted by Gasteiger charge is -2.32. The minimum atomic E-state index is 0.0226. The van der Waals surface area contributed by atoms with Gasteiger partial charge in [-0.2, -0.15) is 0 Å². The molecule has 1 aromatic carbocycles. The highest BCUT2D eigenvalue weighted by Gasteiger charge is 2.28. The van der Waals surface area contributed by atoms with Crippen molar-refractivity contribution in [2.45, 2.75) is 32.6 Å². The van der Waals surface area contributed by atoms with E-state index in [-0.39, 0.29) is 18.4 Å². The quantitative estimate of drug-likeness (QED) is 0.714. The van der Waals surface area contributed by atoms with E-state index in [9.17, 15) is 4.79 Å². The predicted molar refractivity (Wildman–Crippen MR) is 103 cm³/mol. The molecule has 27 heavy (non-hydrogen) atoms. The van der Waals surface area contributed by atoms with Gasteiger partial charge in [0.1, 0.15) is 11.6 Å². The molecular formula is C21H24N4O2. The Hall–Kier alpha value is -2.89. The fourth-order valence-corrected chi connectivity index (χ4v) is 3.66. The van der Waals surface area contributed by atoms with Crippen LogP contribution < -0.4 is 4.74 Å². The minimum Gasteiger partial charge on any atom is -0.483 e. The molecule has 1 aliphatic rings. The van der Waals surface area contributed by atoms with E-state index in [1.54, 1.807) is 0 Å². The summed E-state index contributed by atoms with van der Waals surface area (Å²) in [4.78, 5) is 14.6. The van der Waals surface area contributed by atoms with Crippen molar-refractivity contribution in [1.82, 2.24) is 19.5 Å². The number of aryl methyl sites for hydroxylation is 1. The molecule has 0 radical (unpaired) electrons. The van der Waals surface area contributed by atoms with Gasteiger partial charge in [-0.3, -0.25) is 9.20 Å². The highest BCUT2D eigenvalue weighted by molar-refractivity contribution is 5.78. The van der Waals surface area contributed by atoms with Gasteiger partial charge in [0.05, 0.1) is 0 Å². The molecule has 4 rings (SSSR count). The second-order valence-corrected chi connectivity index (χ2v) is 7.15. The maximum absolute atomic E-state index is 12.7. The number of carbonyl (C=O) groups is 1. The van der Waals surface area contributed by atoms with E-state index in [4.69, 9.17) is 4.74 Å². The zero-order valence-corrected chi connectivity index (χ0v) is 15.8. The molecule has 1 fully saturated rings. The van der Waals surface area contributed by atoms with Gasteiger partial charge < -0.3 is 9.64 Å². The number of carbonyl (C=O) groups excluding carboxylic acids is 1. The summed E-state index contributed by atoms with van der Waals surface area (Å²) in [5.41, 5.74) is 3.09. The molecule has 0 aliphatic carbocycles. The van der Waals surface area contributed by atoms with E-state index in [0.717, 1.165) is 47.7 Å². The fraction of sp³-hybridized carbons (Fsp3) is 0.381. The number of hydrogen-bond donors (Lipinski definition) is 0. The third kappa shape index (κ3) is 3.52. The van der Waals surface area contributed by atoms with Crippen LogP contribution in [0.5, 0.6) is 5.75 Å². The summed E-state index contributed by atoms with van der Waals surface area (Å²) in [5, 5.41) is 8.61. The van der Waals surface area contributed by atoms with Crippen LogP contribution in [0.15, 0.2) is 42.6 Å². The highest BCUT2D eigenvalue weighted by Crippen LogP contribution is 2.26. The number of hydrogen-bond acceptors (Lipinski definition) is 4. The zero-order chi connectivity index (χ0) is 18.8. The van der Waals surface area contributed by atoms with Crippen LogP contribution in [-0.4, -0.2) is 45.1 Å². The van der Waals surface area contributed by atoms with Crippen molar-refractivity contribution in [2.75, 3.05) is 19.7 Å². The molecule has 1 unspecified atom stereocenters. The largest absolute Gasteiger partial charge is 0.483 e. The normalized spacial score (nSPS) is 17.3. The molecule has 0 N–H and O–H groups in total. The van der Waals surface area contributed by atoms with Crippen molar-refractivity contribution < 1.29 is 9.53 Å². The molecule has 1 aliphatic heterocycles. The van der Waals surface area contributed by atoms with Crippen LogP contribution in [0.2, 0.25) is 0 Å². The van der Waals surface area contributed by atoms with Crippen molar-refractivity contribution in [1.29, 1.82) is 0 Å². The number of benzene rings is 1. The summed E-state index contributed by atoms with van der Waals surface area (Å²) in [6.45, 7) is 5.55. The Kier molecular flexibility index (Phi) is 4.79. The molecule has 140 valence electrons. The van der Waals surface area contributed by atoms with Gasteiger partial charge in [-0.05, 0) is 56.0 Å². The average molecular weight is 364 g/mol. The summed E-state index contributed by atoms with van der Waals surface area (Å²) < 4.78 is 7.82. The first-order chi connectivity index (χ1) is 13.1. The van der Waals surface area contributed by atoms with Gasteiger partial charge in [0, 0.05) is 25.2 Å². The van der Waals surface area contributed by atoms with Crippen molar-refractivity contribution in [3.63, 3.8) is 0 Å². The van der Waals surface area contributed by atoms with E-state index >= 15 is 0 Å². The highest BCUT2D eigenvalue weighted by atomic mass is 16.5. The van der Waals surface area contributed by atoms with E-state index in [1.165, 1.54) is 0 Å². The van der Waals surface area contributed by atoms with Crippen molar-refractivity contribution in [3.05, 3.63) is 59.5 Å². The summed E-state index contributed by atoms with van der Waals surface area (Å²) in [6, 6.07) is 11.8. The number of aromatic nitrogens is 3. The molecule has 6 heteroatoms. The van der Waals surface area contributed by atoms with Crippen LogP contribution in [-0.2, 0) is 4.79 Å². The van der Waals surface area contributed by atoms with Gasteiger partial charge in [0.2, 0.25) is 0 Å². The number of ether oxygens (including phenoxy) is 1. The van der Waals surface area contributed by atoms with Crippen molar-refractivity contribution >= 4 is 11.6 Å². The monoisotopic (exact) mass is 364 g/mol. The van der Waals surface area contributed by atoms with E-state index in [2.05, 4.69) is 10.2 Å². The van der Waals surface area contributed by atoms with Crippen LogP contribution in [0.3, 0.4) is 0 Å². The van der Waals surface area contributed by atoms with Crippen LogP contribution in [0.4, 0.5) is 0 Å². The number of rotatable bonds is 4. The molecule has 0 spiro atoms. The third-order valence-electron chi connectivity index (χ3n) is 5.39. The van der Waals surface area contributed by atoms with Crippen LogP contribution in [0.25, 0.3) is 5.65 Å². The molecule has 6 nitrogen and oxygen atoms in total. The van der Waals surface area contributed by atoms with Gasteiger partial charge in [-0.15, -0.1) is 10.2 Å². The summed E-state index contributed by atoms with van der Waals surface area (Å²) in [7, 11) is 0. The van der Waals surface area contributed by atoms with Crippen LogP contribution in [0, 0.1) is 13.8 Å². The minimum absolute atomic E-state index is 0.0226. The van der Waals surface area contributed by atoms with E-state index in [0.29, 0.717) is 6.54 Å². The first-order valence-corrected chi connectivity index (χ1v) is 9.40. The Balaban J connectivity index is 1.43. The van der Waals surface area contributed by atoms with Crippen molar-refractivity contribution in [3.8, 4) is 5.75 Å². The SMILES string of the molecule is Cc1cccc(OCC(=O)N2CCCC(c3nnc4ccccn34)C2)c1C. The second-order valence-electron chi connectivity index (χ2n) is 7.15. The molecule has 0 bridgehead atoms. The molecule has 3 heterocycles. The van der Waals surface area contributed by atoms with Crippen LogP contribution in [0.1, 0.15) is 35.7 Å². The average Bonchev–Trinajstić information content (AvgIpc) is 3.13. The van der Waals surface area contributed by atoms with Gasteiger partial charge in [-0.25, -0.2) is 0 Å². The Morgan fingerprint density at radius 1 is 1.19 bits per heavy atom. The summed E-state index contributed by atoms with van der Waals surface area (Å²) in [6.07, 6.45) is 3.95. The van der Waals surface area contributed by atoms with E-state index in [1.807, 2.05) is 65.7 Å². The van der Waals surface area contributed by atoms with E-state index < -0.39 is 0 Å². The molecule has 1 atom stereocenters. The molecule has 3 aromatic rings. The smallest absolute Gasteiger partial charge is 0.260 e. The topological polar surface area (TPSA) is 59.7 Å². The summed E-state index contributed by atoms with van der Waals surface area (Å²) >= 11 is 0. The standard InChI is InChI=1S/C21H24N4O2/c1-15-7-5-9-18(16(15)2)27-14-20(26)24-11-6-8-17(13-24)21-23-22-19-10-3-4-12-25(19)21/h3-5,7,9-10,12,17H,6,8,11,13-14H2,1-2H3. The Morgan fingerprint density at radius 2 is 2.07 bits per heavy atom. The lowest BCUT2D eigenvalue weighted by Crippen LogP contribution is -2.42. The maximum atomic E-state index is 12.7. The van der Waals surface area contributed by atoms with Gasteiger partial charge in [0.15, 0.2) is 12.3 Å². The predicted octanol–water partition coefficient (Wildman–Crippen LogP) is 3.13. The fourth-order valence-electron chi connectivity index (χ4n) is 3.66. The number of piperidine rings is 1. The van der Waals surface area contributed by atoms with Gasteiger partial charge in [-0.1, -0.05) is 18.2 Å². The van der Waals surface area contributed by atoms with Crippen molar-refractivity contribution in [2.24, 2.45) is 0 Å². The maximum Gasteiger partial charge on any atom is 0.260 e. The number of nitrogens with zero attached hydrogens (tertiary/aromatic N) is 4. The Labute approximate surface area is 158 Å². The second kappa shape index (κ2) is 7.39. The molecule has 1 saturated heterocycles. The first kappa shape index (κ1) is 17.5. The lowest BCUT2D eigenvalue weighted by molar-refractivity contribution is -0.134. The molecule has 0 saturated carbocycles. The number of likely N-dealkylation sites (tertiary alicyclic amines) is 1. The van der Waals surface area contributed by atoms with Gasteiger partial charge in [0.25, 0.3) is 5.91 Å².